The molecule has 0 atom stereocenters. The van der Waals surface area contributed by atoms with Gasteiger partial charge in [-0.2, -0.15) is 0 Å². The van der Waals surface area contributed by atoms with Crippen molar-refractivity contribution in [3.05, 3.63) is 28.8 Å². The van der Waals surface area contributed by atoms with E-state index in [1.165, 1.54) is 18.9 Å². The molecule has 1 aromatic rings. The average Bonchev–Trinajstić information content (AvgIpc) is 2.30. The van der Waals surface area contributed by atoms with Crippen molar-refractivity contribution < 1.29 is 14.6 Å². The fourth-order valence-corrected chi connectivity index (χ4v) is 1.68. The van der Waals surface area contributed by atoms with Crippen molar-refractivity contribution in [1.29, 1.82) is 0 Å². The number of aromatic carboxylic acids is 1. The van der Waals surface area contributed by atoms with Gasteiger partial charge in [-0.05, 0) is 24.6 Å². The molecule has 0 amide bonds. The predicted molar refractivity (Wildman–Crippen MR) is 68.0 cm³/mol. The molecule has 1 N–H and O–H groups in total. The lowest BCUT2D eigenvalue weighted by Crippen LogP contribution is -2.04. The van der Waals surface area contributed by atoms with Gasteiger partial charge in [0, 0.05) is 5.02 Å². The summed E-state index contributed by atoms with van der Waals surface area (Å²) in [5.74, 6) is -0.630. The highest BCUT2D eigenvalue weighted by Crippen LogP contribution is 2.23. The van der Waals surface area contributed by atoms with Crippen molar-refractivity contribution in [2.75, 3.05) is 6.61 Å². The van der Waals surface area contributed by atoms with Crippen molar-refractivity contribution in [2.24, 2.45) is 0 Å². The number of unbranched alkanes of at least 4 members (excludes halogenated alkanes) is 3. The maximum absolute atomic E-state index is 11.0. The maximum Gasteiger partial charge on any atom is 0.339 e. The molecule has 94 valence electrons. The van der Waals surface area contributed by atoms with Crippen molar-refractivity contribution in [1.82, 2.24) is 0 Å². The second-order valence-electron chi connectivity index (χ2n) is 3.85. The van der Waals surface area contributed by atoms with Crippen molar-refractivity contribution >= 4 is 17.6 Å². The second kappa shape index (κ2) is 7.17. The third kappa shape index (κ3) is 4.65. The zero-order valence-electron chi connectivity index (χ0n) is 9.91. The summed E-state index contributed by atoms with van der Waals surface area (Å²) in [5, 5.41) is 9.40. The van der Waals surface area contributed by atoms with E-state index in [9.17, 15) is 4.79 Å². The predicted octanol–water partition coefficient (Wildman–Crippen LogP) is 4.00. The Morgan fingerprint density at radius 3 is 2.76 bits per heavy atom. The molecule has 0 aliphatic carbocycles. The van der Waals surface area contributed by atoms with Gasteiger partial charge in [-0.15, -0.1) is 0 Å². The van der Waals surface area contributed by atoms with E-state index in [2.05, 4.69) is 6.92 Å². The number of benzene rings is 1. The van der Waals surface area contributed by atoms with Crippen LogP contribution in [0.5, 0.6) is 5.75 Å². The first-order valence-electron chi connectivity index (χ1n) is 5.80. The number of hydrogen-bond donors (Lipinski definition) is 1. The lowest BCUT2D eigenvalue weighted by Gasteiger charge is -2.09. The van der Waals surface area contributed by atoms with E-state index in [1.807, 2.05) is 0 Å². The molecule has 0 bridgehead atoms. The van der Waals surface area contributed by atoms with Gasteiger partial charge in [-0.1, -0.05) is 37.8 Å². The van der Waals surface area contributed by atoms with Gasteiger partial charge in [0.1, 0.15) is 11.3 Å². The minimum absolute atomic E-state index is 0.119. The molecule has 3 nitrogen and oxygen atoms in total. The molecule has 0 unspecified atom stereocenters. The van der Waals surface area contributed by atoms with E-state index in [0.29, 0.717) is 17.4 Å². The molecule has 1 aromatic carbocycles. The first kappa shape index (κ1) is 13.8. The summed E-state index contributed by atoms with van der Waals surface area (Å²) in [6.07, 6.45) is 4.39. The lowest BCUT2D eigenvalue weighted by atomic mass is 10.2. The van der Waals surface area contributed by atoms with Crippen LogP contribution in [0.1, 0.15) is 43.0 Å². The molecule has 0 heterocycles. The van der Waals surface area contributed by atoms with E-state index in [-0.39, 0.29) is 5.56 Å². The van der Waals surface area contributed by atoms with E-state index in [4.69, 9.17) is 21.4 Å². The Kier molecular flexibility index (Phi) is 5.84. The van der Waals surface area contributed by atoms with Crippen molar-refractivity contribution in [2.45, 2.75) is 32.6 Å². The number of ether oxygens (including phenoxy) is 1. The number of halogens is 1. The molecular formula is C13H17ClO3. The molecular weight excluding hydrogens is 240 g/mol. The highest BCUT2D eigenvalue weighted by Gasteiger charge is 2.11. The zero-order valence-corrected chi connectivity index (χ0v) is 10.7. The van der Waals surface area contributed by atoms with Crippen molar-refractivity contribution in [3.63, 3.8) is 0 Å². The summed E-state index contributed by atoms with van der Waals surface area (Å²) in [6.45, 7) is 2.69. The minimum Gasteiger partial charge on any atom is -0.493 e. The van der Waals surface area contributed by atoms with Crippen LogP contribution in [-0.2, 0) is 0 Å². The molecule has 0 saturated carbocycles. The van der Waals surface area contributed by atoms with Crippen LogP contribution in [0, 0.1) is 0 Å². The normalized spacial score (nSPS) is 10.2. The number of rotatable bonds is 7. The van der Waals surface area contributed by atoms with Crippen molar-refractivity contribution in [3.8, 4) is 5.75 Å². The molecule has 0 aliphatic heterocycles. The van der Waals surface area contributed by atoms with Crippen LogP contribution in [0.15, 0.2) is 18.2 Å². The van der Waals surface area contributed by atoms with Gasteiger partial charge in [-0.25, -0.2) is 4.79 Å². The first-order chi connectivity index (χ1) is 8.15. The second-order valence-corrected chi connectivity index (χ2v) is 4.29. The summed E-state index contributed by atoms with van der Waals surface area (Å²) in [7, 11) is 0. The summed E-state index contributed by atoms with van der Waals surface area (Å²) in [6, 6.07) is 4.65. The standard InChI is InChI=1S/C13H17ClO3/c1-2-3-4-5-8-17-12-7-6-10(14)9-11(12)13(15)16/h6-7,9H,2-5,8H2,1H3,(H,15,16). The fraction of sp³-hybridized carbons (Fsp3) is 0.462. The van der Waals surface area contributed by atoms with Crippen LogP contribution in [-0.4, -0.2) is 17.7 Å². The molecule has 1 rings (SSSR count). The van der Waals surface area contributed by atoms with Crippen LogP contribution in [0.3, 0.4) is 0 Å². The molecule has 4 heteroatoms. The monoisotopic (exact) mass is 256 g/mol. The number of carboxylic acids is 1. The van der Waals surface area contributed by atoms with Gasteiger partial charge < -0.3 is 9.84 Å². The van der Waals surface area contributed by atoms with Gasteiger partial charge in [-0.3, -0.25) is 0 Å². The molecule has 0 aliphatic rings. The van der Waals surface area contributed by atoms with Crippen LogP contribution < -0.4 is 4.74 Å². The Morgan fingerprint density at radius 2 is 2.12 bits per heavy atom. The van der Waals surface area contributed by atoms with E-state index in [1.54, 1.807) is 12.1 Å². The Labute approximate surface area is 106 Å². The van der Waals surface area contributed by atoms with Crippen LogP contribution in [0.4, 0.5) is 0 Å². The van der Waals surface area contributed by atoms with Gasteiger partial charge in [0.15, 0.2) is 0 Å². The SMILES string of the molecule is CCCCCCOc1ccc(Cl)cc1C(=O)O. The van der Waals surface area contributed by atoms with Crippen LogP contribution in [0.25, 0.3) is 0 Å². The quantitative estimate of drug-likeness (QED) is 0.750. The molecule has 0 saturated heterocycles. The average molecular weight is 257 g/mol. The number of carbonyl (C=O) groups is 1. The number of carboxylic acid groups (broad SMARTS) is 1. The third-order valence-electron chi connectivity index (χ3n) is 2.43. The maximum atomic E-state index is 11.0. The summed E-state index contributed by atoms with van der Waals surface area (Å²) in [5.41, 5.74) is 0.119. The summed E-state index contributed by atoms with van der Waals surface area (Å²) < 4.78 is 5.46. The first-order valence-corrected chi connectivity index (χ1v) is 6.18. The lowest BCUT2D eigenvalue weighted by molar-refractivity contribution is 0.0692. The smallest absolute Gasteiger partial charge is 0.339 e. The van der Waals surface area contributed by atoms with Gasteiger partial charge >= 0.3 is 5.97 Å². The molecule has 0 radical (unpaired) electrons. The largest absolute Gasteiger partial charge is 0.493 e. The van der Waals surface area contributed by atoms with Crippen LogP contribution in [0.2, 0.25) is 5.02 Å². The summed E-state index contributed by atoms with van der Waals surface area (Å²) >= 11 is 5.74. The minimum atomic E-state index is -1.02. The Morgan fingerprint density at radius 1 is 1.35 bits per heavy atom. The Hall–Kier alpha value is -1.22. The van der Waals surface area contributed by atoms with Gasteiger partial charge in [0.2, 0.25) is 0 Å². The molecule has 0 spiro atoms. The molecule has 17 heavy (non-hydrogen) atoms. The summed E-state index contributed by atoms with van der Waals surface area (Å²) in [4.78, 5) is 11.0. The number of hydrogen-bond acceptors (Lipinski definition) is 2. The Bertz CT molecular complexity index is 377. The van der Waals surface area contributed by atoms with Gasteiger partial charge in [0.05, 0.1) is 6.61 Å². The zero-order chi connectivity index (χ0) is 12.7. The topological polar surface area (TPSA) is 46.5 Å². The van der Waals surface area contributed by atoms with E-state index < -0.39 is 5.97 Å². The van der Waals surface area contributed by atoms with Gasteiger partial charge in [0.25, 0.3) is 0 Å². The molecule has 0 fully saturated rings. The third-order valence-corrected chi connectivity index (χ3v) is 2.66. The van der Waals surface area contributed by atoms with Crippen LogP contribution >= 0.6 is 11.6 Å². The Balaban J connectivity index is 2.55. The van der Waals surface area contributed by atoms with E-state index in [0.717, 1.165) is 12.8 Å². The van der Waals surface area contributed by atoms with E-state index >= 15 is 0 Å². The molecule has 0 aromatic heterocycles. The fourth-order valence-electron chi connectivity index (χ4n) is 1.51. The highest BCUT2D eigenvalue weighted by atomic mass is 35.5. The highest BCUT2D eigenvalue weighted by molar-refractivity contribution is 6.31.